The van der Waals surface area contributed by atoms with E-state index in [4.69, 9.17) is 21.6 Å². The van der Waals surface area contributed by atoms with Crippen LogP contribution >= 0.6 is 11.6 Å². The number of H-pyrrole nitrogens is 1. The Morgan fingerprint density at radius 3 is 2.61 bits per heavy atom. The number of rotatable bonds is 5. The molecule has 2 aromatic heterocycles. The Bertz CT molecular complexity index is 1680. The molecule has 2 aromatic carbocycles. The Morgan fingerprint density at radius 2 is 1.90 bits per heavy atom. The van der Waals surface area contributed by atoms with Crippen LogP contribution in [0.15, 0.2) is 43.1 Å². The fourth-order valence-corrected chi connectivity index (χ4v) is 6.20. The summed E-state index contributed by atoms with van der Waals surface area (Å²) in [5, 5.41) is 0.867. The minimum Gasteiger partial charge on any atom is -0.360 e. The molecule has 4 aromatic rings. The first-order chi connectivity index (χ1) is 19.6. The topological polar surface area (TPSA) is 71.6 Å². The number of piperazine rings is 1. The summed E-state index contributed by atoms with van der Waals surface area (Å²) in [6.45, 7) is 9.98. The molecule has 0 unspecified atom stereocenters. The summed E-state index contributed by atoms with van der Waals surface area (Å²) in [6.07, 6.45) is 2.90. The number of benzene rings is 2. The average molecular weight is 580 g/mol. The Hall–Kier alpha value is -3.76. The Kier molecular flexibility index (Phi) is 6.86. The number of nitrogens with one attached hydrogen (secondary N) is 1. The highest BCUT2D eigenvalue weighted by atomic mass is 35.5. The van der Waals surface area contributed by atoms with Crippen molar-refractivity contribution in [3.8, 4) is 11.1 Å². The van der Waals surface area contributed by atoms with Crippen molar-refractivity contribution in [2.45, 2.75) is 32.0 Å². The van der Waals surface area contributed by atoms with Crippen molar-refractivity contribution in [2.75, 3.05) is 50.1 Å². The molecule has 0 aliphatic carbocycles. The van der Waals surface area contributed by atoms with Crippen molar-refractivity contribution in [1.82, 2.24) is 24.8 Å². The van der Waals surface area contributed by atoms with Crippen LogP contribution in [0.5, 0.6) is 0 Å². The molecule has 0 spiro atoms. The van der Waals surface area contributed by atoms with E-state index in [1.165, 1.54) is 12.1 Å². The molecule has 0 radical (unpaired) electrons. The molecule has 214 valence electrons. The first kappa shape index (κ1) is 27.4. The standard InChI is InChI=1S/C30H32ClF2N7O/c1-6-24(41)39-12-17(3)40(13-16(39)2)29-19-10-21(31)25(20-11-34-23-9-7-8-22(32)26(20)23)27(33)28(19)35-30(36-29)38-14-18(15-38)37(4)5/h6-11,16-18,34H,1,12-15H2,2-5H3/t16-,17+/m1/s1. The minimum absolute atomic E-state index is 0.0868. The molecule has 2 atom stereocenters. The zero-order valence-corrected chi connectivity index (χ0v) is 24.2. The van der Waals surface area contributed by atoms with E-state index in [2.05, 4.69) is 21.4 Å². The number of aromatic nitrogens is 3. The number of aromatic amines is 1. The summed E-state index contributed by atoms with van der Waals surface area (Å²) < 4.78 is 31.5. The molecule has 2 aliphatic heterocycles. The van der Waals surface area contributed by atoms with Gasteiger partial charge in [-0.2, -0.15) is 4.98 Å². The molecule has 1 amide bonds. The van der Waals surface area contributed by atoms with Crippen LogP contribution in [0, 0.1) is 11.6 Å². The van der Waals surface area contributed by atoms with Gasteiger partial charge in [-0.1, -0.05) is 24.2 Å². The highest BCUT2D eigenvalue weighted by Gasteiger charge is 2.36. The van der Waals surface area contributed by atoms with E-state index >= 15 is 4.39 Å². The van der Waals surface area contributed by atoms with Crippen LogP contribution in [0.4, 0.5) is 20.5 Å². The van der Waals surface area contributed by atoms with Crippen molar-refractivity contribution in [1.29, 1.82) is 0 Å². The van der Waals surface area contributed by atoms with Gasteiger partial charge in [0.15, 0.2) is 5.82 Å². The number of amides is 1. The number of hydrogen-bond acceptors (Lipinski definition) is 6. The third kappa shape index (κ3) is 4.49. The SMILES string of the molecule is C=CC(=O)N1C[C@H](C)N(c2nc(N3CC(N(C)C)C3)nc3c(F)c(-c4c[nH]c5cccc(F)c45)c(Cl)cc23)C[C@H]1C. The molecule has 41 heavy (non-hydrogen) atoms. The normalized spacial score (nSPS) is 19.9. The smallest absolute Gasteiger partial charge is 0.246 e. The predicted octanol–water partition coefficient (Wildman–Crippen LogP) is 5.07. The van der Waals surface area contributed by atoms with Gasteiger partial charge in [0.25, 0.3) is 0 Å². The summed E-state index contributed by atoms with van der Waals surface area (Å²) in [7, 11) is 4.05. The lowest BCUT2D eigenvalue weighted by atomic mass is 10.0. The van der Waals surface area contributed by atoms with Crippen LogP contribution in [-0.4, -0.2) is 89.1 Å². The van der Waals surface area contributed by atoms with Crippen molar-refractivity contribution in [3.05, 3.63) is 59.8 Å². The maximum absolute atomic E-state index is 16.6. The van der Waals surface area contributed by atoms with Gasteiger partial charge >= 0.3 is 0 Å². The van der Waals surface area contributed by atoms with Gasteiger partial charge in [-0.15, -0.1) is 0 Å². The molecule has 2 fully saturated rings. The molecule has 2 aliphatic rings. The molecule has 8 nitrogen and oxygen atoms in total. The Balaban J connectivity index is 1.53. The van der Waals surface area contributed by atoms with Gasteiger partial charge in [-0.25, -0.2) is 13.8 Å². The molecule has 2 saturated heterocycles. The average Bonchev–Trinajstić information content (AvgIpc) is 3.33. The summed E-state index contributed by atoms with van der Waals surface area (Å²) in [5.74, 6) is -0.249. The molecule has 6 rings (SSSR count). The van der Waals surface area contributed by atoms with Gasteiger partial charge in [0.05, 0.1) is 5.02 Å². The van der Waals surface area contributed by atoms with Crippen LogP contribution < -0.4 is 9.80 Å². The van der Waals surface area contributed by atoms with Crippen molar-refractivity contribution in [3.63, 3.8) is 0 Å². The predicted molar refractivity (Wildman–Crippen MR) is 160 cm³/mol. The van der Waals surface area contributed by atoms with Gasteiger partial charge < -0.3 is 24.6 Å². The second kappa shape index (κ2) is 10.3. The quantitative estimate of drug-likeness (QED) is 0.333. The maximum Gasteiger partial charge on any atom is 0.246 e. The monoisotopic (exact) mass is 579 g/mol. The number of likely N-dealkylation sites (N-methyl/N-ethyl adjacent to an activating group) is 1. The second-order valence-electron chi connectivity index (χ2n) is 11.2. The molecule has 11 heteroatoms. The molecular formula is C30H32ClF2N7O. The summed E-state index contributed by atoms with van der Waals surface area (Å²) in [4.78, 5) is 33.2. The van der Waals surface area contributed by atoms with Crippen molar-refractivity contribution >= 4 is 51.1 Å². The highest BCUT2D eigenvalue weighted by Crippen LogP contribution is 2.42. The zero-order valence-electron chi connectivity index (χ0n) is 23.5. The zero-order chi connectivity index (χ0) is 29.2. The fourth-order valence-electron chi connectivity index (χ4n) is 5.90. The van der Waals surface area contributed by atoms with Crippen molar-refractivity contribution < 1.29 is 13.6 Å². The van der Waals surface area contributed by atoms with Gasteiger partial charge in [-0.05, 0) is 52.2 Å². The van der Waals surface area contributed by atoms with Gasteiger partial charge in [0, 0.05) is 77.9 Å². The molecule has 1 N–H and O–H groups in total. The van der Waals surface area contributed by atoms with E-state index in [-0.39, 0.29) is 39.5 Å². The second-order valence-corrected chi connectivity index (χ2v) is 11.6. The lowest BCUT2D eigenvalue weighted by Gasteiger charge is -2.45. The van der Waals surface area contributed by atoms with Gasteiger partial charge in [0.1, 0.15) is 17.2 Å². The first-order valence-electron chi connectivity index (χ1n) is 13.7. The number of carbonyl (C=O) groups excluding carboxylic acids is 1. The molecule has 4 heterocycles. The molecular weight excluding hydrogens is 548 g/mol. The fraction of sp³-hybridized carbons (Fsp3) is 0.367. The van der Waals surface area contributed by atoms with Crippen molar-refractivity contribution in [2.24, 2.45) is 0 Å². The highest BCUT2D eigenvalue weighted by molar-refractivity contribution is 6.35. The Labute approximate surface area is 242 Å². The third-order valence-electron chi connectivity index (χ3n) is 8.37. The maximum atomic E-state index is 16.6. The van der Waals surface area contributed by atoms with Gasteiger partial charge in [0.2, 0.25) is 11.9 Å². The summed E-state index contributed by atoms with van der Waals surface area (Å²) in [6, 6.07) is 6.45. The largest absolute Gasteiger partial charge is 0.360 e. The Morgan fingerprint density at radius 1 is 1.15 bits per heavy atom. The van der Waals surface area contributed by atoms with Crippen LogP contribution in [0.3, 0.4) is 0 Å². The summed E-state index contributed by atoms with van der Waals surface area (Å²) in [5.41, 5.74) is 1.08. The van der Waals surface area contributed by atoms with E-state index in [9.17, 15) is 9.18 Å². The minimum atomic E-state index is -0.632. The van der Waals surface area contributed by atoms with E-state index < -0.39 is 11.6 Å². The van der Waals surface area contributed by atoms with Gasteiger partial charge in [-0.3, -0.25) is 4.79 Å². The van der Waals surface area contributed by atoms with Crippen LogP contribution in [-0.2, 0) is 4.79 Å². The first-order valence-corrected chi connectivity index (χ1v) is 14.0. The molecule has 0 saturated carbocycles. The number of halogens is 3. The van der Waals surface area contributed by atoms with E-state index in [1.54, 1.807) is 29.3 Å². The van der Waals surface area contributed by atoms with Crippen LogP contribution in [0.1, 0.15) is 13.8 Å². The lowest BCUT2D eigenvalue weighted by molar-refractivity contribution is -0.128. The number of nitrogens with zero attached hydrogens (tertiary/aromatic N) is 6. The van der Waals surface area contributed by atoms with Crippen LogP contribution in [0.2, 0.25) is 5.02 Å². The number of hydrogen-bond donors (Lipinski definition) is 1. The molecule has 0 bridgehead atoms. The van der Waals surface area contributed by atoms with E-state index in [0.29, 0.717) is 60.5 Å². The number of anilines is 2. The summed E-state index contributed by atoms with van der Waals surface area (Å²) >= 11 is 6.78. The lowest BCUT2D eigenvalue weighted by Crippen LogP contribution is -2.59. The van der Waals surface area contributed by atoms with Crippen LogP contribution in [0.25, 0.3) is 32.9 Å². The van der Waals surface area contributed by atoms with E-state index in [0.717, 1.165) is 0 Å². The third-order valence-corrected chi connectivity index (χ3v) is 8.66. The number of carbonyl (C=O) groups is 1. The number of fused-ring (bicyclic) bond motifs is 2. The van der Waals surface area contributed by atoms with E-state index in [1.807, 2.05) is 32.8 Å².